The van der Waals surface area contributed by atoms with Gasteiger partial charge < -0.3 is 15.1 Å². The highest BCUT2D eigenvalue weighted by Gasteiger charge is 2.22. The number of anilines is 2. The summed E-state index contributed by atoms with van der Waals surface area (Å²) in [7, 11) is 0. The van der Waals surface area contributed by atoms with Gasteiger partial charge in [-0.1, -0.05) is 26.8 Å². The third-order valence-corrected chi connectivity index (χ3v) is 3.88. The van der Waals surface area contributed by atoms with Crippen LogP contribution in [0.25, 0.3) is 0 Å². The molecule has 0 spiro atoms. The Kier molecular flexibility index (Phi) is 4.74. The molecular formula is C17H25N3O2. The van der Waals surface area contributed by atoms with Crippen molar-refractivity contribution in [2.24, 2.45) is 5.41 Å². The van der Waals surface area contributed by atoms with Crippen molar-refractivity contribution in [3.63, 3.8) is 0 Å². The number of hydrogen-bond acceptors (Lipinski definition) is 3. The van der Waals surface area contributed by atoms with Crippen LogP contribution in [0.4, 0.5) is 11.4 Å². The lowest BCUT2D eigenvalue weighted by Crippen LogP contribution is -2.48. The summed E-state index contributed by atoms with van der Waals surface area (Å²) in [6.45, 7) is 10.4. The molecule has 0 saturated carbocycles. The Morgan fingerprint density at radius 2 is 1.73 bits per heavy atom. The van der Waals surface area contributed by atoms with E-state index in [0.717, 1.165) is 37.6 Å². The van der Waals surface area contributed by atoms with Crippen molar-refractivity contribution in [3.8, 4) is 0 Å². The molecule has 1 fully saturated rings. The molecule has 0 bridgehead atoms. The first-order valence-electron chi connectivity index (χ1n) is 7.69. The molecule has 120 valence electrons. The first-order chi connectivity index (χ1) is 10.3. The zero-order valence-corrected chi connectivity index (χ0v) is 13.8. The zero-order valence-electron chi connectivity index (χ0n) is 13.8. The Morgan fingerprint density at radius 3 is 2.27 bits per heavy atom. The predicted molar refractivity (Wildman–Crippen MR) is 89.0 cm³/mol. The smallest absolute Gasteiger partial charge is 0.229 e. The van der Waals surface area contributed by atoms with Crippen LogP contribution in [-0.2, 0) is 9.59 Å². The van der Waals surface area contributed by atoms with Gasteiger partial charge in [-0.3, -0.25) is 9.59 Å². The van der Waals surface area contributed by atoms with E-state index in [1.165, 1.54) is 0 Å². The molecule has 5 nitrogen and oxygen atoms in total. The molecule has 1 aromatic carbocycles. The lowest BCUT2D eigenvalue weighted by molar-refractivity contribution is -0.129. The second-order valence-corrected chi connectivity index (χ2v) is 6.75. The van der Waals surface area contributed by atoms with Crippen molar-refractivity contribution in [1.29, 1.82) is 0 Å². The van der Waals surface area contributed by atoms with Crippen molar-refractivity contribution in [2.45, 2.75) is 27.7 Å². The van der Waals surface area contributed by atoms with Gasteiger partial charge in [-0.15, -0.1) is 0 Å². The normalized spacial score (nSPS) is 15.6. The van der Waals surface area contributed by atoms with Crippen LogP contribution in [0.3, 0.4) is 0 Å². The average Bonchev–Trinajstić information content (AvgIpc) is 2.46. The fourth-order valence-corrected chi connectivity index (χ4v) is 2.38. The summed E-state index contributed by atoms with van der Waals surface area (Å²) in [6, 6.07) is 7.88. The van der Waals surface area contributed by atoms with Gasteiger partial charge in [0.15, 0.2) is 0 Å². The zero-order chi connectivity index (χ0) is 16.3. The minimum atomic E-state index is -0.414. The summed E-state index contributed by atoms with van der Waals surface area (Å²) >= 11 is 0. The van der Waals surface area contributed by atoms with Gasteiger partial charge >= 0.3 is 0 Å². The summed E-state index contributed by atoms with van der Waals surface area (Å²) in [5.74, 6) is 0.136. The third-order valence-electron chi connectivity index (χ3n) is 3.88. The SMILES string of the molecule is CC(=O)N1CCN(c2cccc(NC(=O)C(C)(C)C)c2)CC1. The first kappa shape index (κ1) is 16.3. The van der Waals surface area contributed by atoms with E-state index in [1.807, 2.05) is 49.9 Å². The van der Waals surface area contributed by atoms with Gasteiger partial charge in [-0.05, 0) is 18.2 Å². The molecule has 1 saturated heterocycles. The molecule has 2 amide bonds. The molecule has 1 aliphatic heterocycles. The van der Waals surface area contributed by atoms with Gasteiger partial charge in [0.05, 0.1) is 0 Å². The standard InChI is InChI=1S/C17H25N3O2/c1-13(21)19-8-10-20(11-9-19)15-7-5-6-14(12-15)18-16(22)17(2,3)4/h5-7,12H,8-11H2,1-4H3,(H,18,22). The minimum Gasteiger partial charge on any atom is -0.368 e. The van der Waals surface area contributed by atoms with E-state index >= 15 is 0 Å². The predicted octanol–water partition coefficient (Wildman–Crippen LogP) is 2.34. The van der Waals surface area contributed by atoms with Crippen LogP contribution >= 0.6 is 0 Å². The van der Waals surface area contributed by atoms with Gasteiger partial charge in [-0.2, -0.15) is 0 Å². The van der Waals surface area contributed by atoms with Gasteiger partial charge in [0.25, 0.3) is 0 Å². The van der Waals surface area contributed by atoms with Crippen LogP contribution in [0.2, 0.25) is 0 Å². The number of benzene rings is 1. The van der Waals surface area contributed by atoms with E-state index in [9.17, 15) is 9.59 Å². The van der Waals surface area contributed by atoms with Gasteiger partial charge in [0.2, 0.25) is 11.8 Å². The van der Waals surface area contributed by atoms with E-state index in [-0.39, 0.29) is 11.8 Å². The Balaban J connectivity index is 2.03. The maximum absolute atomic E-state index is 12.1. The number of nitrogens with one attached hydrogen (secondary N) is 1. The molecular weight excluding hydrogens is 278 g/mol. The number of piperazine rings is 1. The molecule has 1 aromatic rings. The van der Waals surface area contributed by atoms with E-state index in [2.05, 4.69) is 10.2 Å². The summed E-state index contributed by atoms with van der Waals surface area (Å²) in [4.78, 5) is 27.5. The Labute approximate surface area is 132 Å². The Bertz CT molecular complexity index is 555. The fraction of sp³-hybridized carbons (Fsp3) is 0.529. The molecule has 0 aromatic heterocycles. The number of nitrogens with zero attached hydrogens (tertiary/aromatic N) is 2. The maximum atomic E-state index is 12.1. The maximum Gasteiger partial charge on any atom is 0.229 e. The Morgan fingerprint density at radius 1 is 1.09 bits per heavy atom. The third kappa shape index (κ3) is 4.00. The molecule has 1 aliphatic rings. The molecule has 0 radical (unpaired) electrons. The van der Waals surface area contributed by atoms with Crippen molar-refractivity contribution in [2.75, 3.05) is 36.4 Å². The second-order valence-electron chi connectivity index (χ2n) is 6.75. The molecule has 5 heteroatoms. The van der Waals surface area contributed by atoms with Crippen molar-refractivity contribution in [1.82, 2.24) is 4.90 Å². The number of carbonyl (C=O) groups excluding carboxylic acids is 2. The highest BCUT2D eigenvalue weighted by molar-refractivity contribution is 5.94. The van der Waals surface area contributed by atoms with Crippen LogP contribution in [0.15, 0.2) is 24.3 Å². The lowest BCUT2D eigenvalue weighted by atomic mass is 9.95. The molecule has 0 atom stereocenters. The number of hydrogen-bond donors (Lipinski definition) is 1. The summed E-state index contributed by atoms with van der Waals surface area (Å²) < 4.78 is 0. The molecule has 1 heterocycles. The summed E-state index contributed by atoms with van der Waals surface area (Å²) in [5.41, 5.74) is 1.48. The monoisotopic (exact) mass is 303 g/mol. The molecule has 0 aliphatic carbocycles. The second kappa shape index (κ2) is 6.38. The van der Waals surface area contributed by atoms with Crippen LogP contribution in [0, 0.1) is 5.41 Å². The number of carbonyl (C=O) groups is 2. The van der Waals surface area contributed by atoms with E-state index in [1.54, 1.807) is 6.92 Å². The van der Waals surface area contributed by atoms with Crippen molar-refractivity contribution in [3.05, 3.63) is 24.3 Å². The van der Waals surface area contributed by atoms with Crippen molar-refractivity contribution < 1.29 is 9.59 Å². The van der Waals surface area contributed by atoms with E-state index < -0.39 is 5.41 Å². The van der Waals surface area contributed by atoms with Crippen LogP contribution < -0.4 is 10.2 Å². The molecule has 2 rings (SSSR count). The van der Waals surface area contributed by atoms with E-state index in [4.69, 9.17) is 0 Å². The summed E-state index contributed by atoms with van der Waals surface area (Å²) in [6.07, 6.45) is 0. The largest absolute Gasteiger partial charge is 0.368 e. The average molecular weight is 303 g/mol. The van der Waals surface area contributed by atoms with Crippen molar-refractivity contribution >= 4 is 23.2 Å². The fourth-order valence-electron chi connectivity index (χ4n) is 2.38. The molecule has 0 unspecified atom stereocenters. The van der Waals surface area contributed by atoms with Crippen LogP contribution in [0.1, 0.15) is 27.7 Å². The number of amides is 2. The van der Waals surface area contributed by atoms with E-state index in [0.29, 0.717) is 0 Å². The van der Waals surface area contributed by atoms with Gasteiger partial charge in [-0.25, -0.2) is 0 Å². The quantitative estimate of drug-likeness (QED) is 0.912. The summed E-state index contributed by atoms with van der Waals surface area (Å²) in [5, 5.41) is 2.96. The minimum absolute atomic E-state index is 0.00560. The topological polar surface area (TPSA) is 52.7 Å². The first-order valence-corrected chi connectivity index (χ1v) is 7.69. The molecule has 1 N–H and O–H groups in total. The van der Waals surface area contributed by atoms with Gasteiger partial charge in [0, 0.05) is 49.9 Å². The van der Waals surface area contributed by atoms with Crippen LogP contribution in [-0.4, -0.2) is 42.9 Å². The Hall–Kier alpha value is -2.04. The van der Waals surface area contributed by atoms with Gasteiger partial charge in [0.1, 0.15) is 0 Å². The lowest BCUT2D eigenvalue weighted by Gasteiger charge is -2.35. The molecule has 22 heavy (non-hydrogen) atoms. The number of rotatable bonds is 2. The highest BCUT2D eigenvalue weighted by atomic mass is 16.2. The van der Waals surface area contributed by atoms with Crippen LogP contribution in [0.5, 0.6) is 0 Å². The highest BCUT2D eigenvalue weighted by Crippen LogP contribution is 2.23.